The van der Waals surface area contributed by atoms with Crippen molar-refractivity contribution in [3.8, 4) is 5.06 Å². The molecule has 1 aromatic rings. The Hall–Kier alpha value is -0.580. The molecule has 11 heavy (non-hydrogen) atoms. The first-order chi connectivity index (χ1) is 5.25. The molecule has 0 aliphatic heterocycles. The van der Waals surface area contributed by atoms with Gasteiger partial charge < -0.3 is 15.9 Å². The Kier molecular flexibility index (Phi) is 2.87. The second kappa shape index (κ2) is 3.71. The van der Waals surface area contributed by atoms with E-state index in [-0.39, 0.29) is 17.7 Å². The maximum absolute atomic E-state index is 9.20. The predicted octanol–water partition coefficient (Wildman–Crippen LogP) is 0.836. The first kappa shape index (κ1) is 8.52. The number of aliphatic hydroxyl groups excluding tert-OH is 1. The van der Waals surface area contributed by atoms with Crippen LogP contribution in [0.5, 0.6) is 5.06 Å². The summed E-state index contributed by atoms with van der Waals surface area (Å²) in [5.74, 6) is 0. The highest BCUT2D eigenvalue weighted by Crippen LogP contribution is 2.29. The third kappa shape index (κ3) is 1.92. The summed E-state index contributed by atoms with van der Waals surface area (Å²) < 4.78 is 0. The lowest BCUT2D eigenvalue weighted by Crippen LogP contribution is -2.10. The van der Waals surface area contributed by atoms with Gasteiger partial charge in [0.1, 0.15) is 0 Å². The fraction of sp³-hybridized carbons (Fsp3) is 0.429. The Morgan fingerprint density at radius 2 is 2.36 bits per heavy atom. The number of rotatable bonds is 3. The summed E-state index contributed by atoms with van der Waals surface area (Å²) in [4.78, 5) is 0. The number of nitrogens with two attached hydrogens (primary N) is 1. The molecule has 0 bridgehead atoms. The average molecular weight is 173 g/mol. The fourth-order valence-corrected chi connectivity index (χ4v) is 1.59. The van der Waals surface area contributed by atoms with Gasteiger partial charge >= 0.3 is 0 Å². The molecule has 1 heterocycles. The lowest BCUT2D eigenvalue weighted by Gasteiger charge is -2.07. The quantitative estimate of drug-likeness (QED) is 0.634. The Morgan fingerprint density at radius 3 is 2.82 bits per heavy atom. The Labute approximate surface area is 69.1 Å². The largest absolute Gasteiger partial charge is 0.499 e. The monoisotopic (exact) mass is 173 g/mol. The lowest BCUT2D eigenvalue weighted by atomic mass is 10.1. The smallest absolute Gasteiger partial charge is 0.175 e. The number of hydrogen-bond donors (Lipinski definition) is 3. The van der Waals surface area contributed by atoms with E-state index in [4.69, 9.17) is 10.8 Å². The van der Waals surface area contributed by atoms with Crippen molar-refractivity contribution in [2.24, 2.45) is 5.73 Å². The van der Waals surface area contributed by atoms with Crippen LogP contribution in [0, 0.1) is 0 Å². The van der Waals surface area contributed by atoms with Gasteiger partial charge in [0.15, 0.2) is 5.06 Å². The molecule has 0 fully saturated rings. The maximum Gasteiger partial charge on any atom is 0.175 e. The van der Waals surface area contributed by atoms with Gasteiger partial charge in [0.25, 0.3) is 0 Å². The fourth-order valence-electron chi connectivity index (χ4n) is 0.888. The van der Waals surface area contributed by atoms with E-state index in [1.807, 2.05) is 0 Å². The highest BCUT2D eigenvalue weighted by molar-refractivity contribution is 7.11. The maximum atomic E-state index is 9.20. The third-order valence-corrected chi connectivity index (χ3v) is 2.24. The number of aliphatic hydroxyl groups is 1. The summed E-state index contributed by atoms with van der Waals surface area (Å²) >= 11 is 1.25. The first-order valence-corrected chi connectivity index (χ1v) is 4.26. The van der Waals surface area contributed by atoms with Crippen LogP contribution in [-0.4, -0.2) is 16.8 Å². The highest BCUT2D eigenvalue weighted by atomic mass is 32.1. The molecule has 0 aliphatic rings. The van der Waals surface area contributed by atoms with Gasteiger partial charge in [0.05, 0.1) is 0 Å². The number of hydrogen-bond acceptors (Lipinski definition) is 4. The van der Waals surface area contributed by atoms with E-state index in [1.54, 1.807) is 11.4 Å². The highest BCUT2D eigenvalue weighted by Gasteiger charge is 2.10. The third-order valence-electron chi connectivity index (χ3n) is 1.51. The predicted molar refractivity (Wildman–Crippen MR) is 44.6 cm³/mol. The van der Waals surface area contributed by atoms with Crippen LogP contribution in [0.1, 0.15) is 18.0 Å². The van der Waals surface area contributed by atoms with Gasteiger partial charge in [0, 0.05) is 18.2 Å². The standard InChI is InChI=1S/C7H11NO2S/c8-6(1-3-9)5-2-4-11-7(5)10/h2,4,6,9-10H,1,3,8H2/t6-/m0/s1. The number of thiophene rings is 1. The van der Waals surface area contributed by atoms with Crippen molar-refractivity contribution in [2.75, 3.05) is 6.61 Å². The molecular formula is C7H11NO2S. The molecule has 0 spiro atoms. The van der Waals surface area contributed by atoms with Crippen molar-refractivity contribution in [1.29, 1.82) is 0 Å². The van der Waals surface area contributed by atoms with Crippen LogP contribution < -0.4 is 5.73 Å². The lowest BCUT2D eigenvalue weighted by molar-refractivity contribution is 0.276. The summed E-state index contributed by atoms with van der Waals surface area (Å²) in [6.45, 7) is 0.0520. The SMILES string of the molecule is N[C@@H](CCO)c1ccsc1O. The minimum atomic E-state index is -0.244. The molecule has 0 aromatic carbocycles. The van der Waals surface area contributed by atoms with E-state index in [0.717, 1.165) is 5.56 Å². The molecule has 0 saturated heterocycles. The zero-order chi connectivity index (χ0) is 8.27. The van der Waals surface area contributed by atoms with Crippen molar-refractivity contribution in [3.63, 3.8) is 0 Å². The molecule has 0 amide bonds. The minimum Gasteiger partial charge on any atom is -0.499 e. The van der Waals surface area contributed by atoms with Crippen molar-refractivity contribution in [1.82, 2.24) is 0 Å². The van der Waals surface area contributed by atoms with Crippen molar-refractivity contribution < 1.29 is 10.2 Å². The van der Waals surface area contributed by atoms with E-state index < -0.39 is 0 Å². The van der Waals surface area contributed by atoms with Crippen LogP contribution in [-0.2, 0) is 0 Å². The van der Waals surface area contributed by atoms with Gasteiger partial charge in [-0.2, -0.15) is 0 Å². The number of aromatic hydroxyl groups is 1. The second-order valence-corrected chi connectivity index (χ2v) is 3.19. The molecule has 4 heteroatoms. The summed E-state index contributed by atoms with van der Waals surface area (Å²) in [5.41, 5.74) is 6.36. The van der Waals surface area contributed by atoms with Crippen LogP contribution in [0.25, 0.3) is 0 Å². The van der Waals surface area contributed by atoms with E-state index in [2.05, 4.69) is 0 Å². The van der Waals surface area contributed by atoms with Crippen molar-refractivity contribution in [2.45, 2.75) is 12.5 Å². The molecule has 3 nitrogen and oxygen atoms in total. The molecule has 0 saturated carbocycles. The van der Waals surface area contributed by atoms with Crippen molar-refractivity contribution >= 4 is 11.3 Å². The Bertz CT molecular complexity index is 224. The van der Waals surface area contributed by atoms with Gasteiger partial charge in [0.2, 0.25) is 0 Å². The van der Waals surface area contributed by atoms with E-state index in [9.17, 15) is 5.11 Å². The van der Waals surface area contributed by atoms with Crippen LogP contribution >= 0.6 is 11.3 Å². The molecule has 4 N–H and O–H groups in total. The van der Waals surface area contributed by atoms with Gasteiger partial charge in [-0.15, -0.1) is 11.3 Å². The molecule has 0 aliphatic carbocycles. The van der Waals surface area contributed by atoms with Crippen LogP contribution in [0.4, 0.5) is 0 Å². The minimum absolute atomic E-state index is 0.0520. The summed E-state index contributed by atoms with van der Waals surface area (Å²) in [5, 5.41) is 19.8. The summed E-state index contributed by atoms with van der Waals surface area (Å²) in [6, 6.07) is 1.53. The first-order valence-electron chi connectivity index (χ1n) is 3.38. The zero-order valence-electron chi connectivity index (χ0n) is 6.03. The van der Waals surface area contributed by atoms with Crippen LogP contribution in [0.3, 0.4) is 0 Å². The molecule has 62 valence electrons. The Balaban J connectivity index is 2.67. The topological polar surface area (TPSA) is 66.5 Å². The normalized spacial score (nSPS) is 13.3. The van der Waals surface area contributed by atoms with Gasteiger partial charge in [-0.1, -0.05) is 0 Å². The molecule has 1 atom stereocenters. The van der Waals surface area contributed by atoms with E-state index in [1.165, 1.54) is 11.3 Å². The van der Waals surface area contributed by atoms with Gasteiger partial charge in [-0.25, -0.2) is 0 Å². The molecule has 1 rings (SSSR count). The average Bonchev–Trinajstić information content (AvgIpc) is 2.36. The van der Waals surface area contributed by atoms with Crippen LogP contribution in [0.15, 0.2) is 11.4 Å². The van der Waals surface area contributed by atoms with Crippen LogP contribution in [0.2, 0.25) is 0 Å². The molecule has 1 aromatic heterocycles. The second-order valence-electron chi connectivity index (χ2n) is 2.30. The summed E-state index contributed by atoms with van der Waals surface area (Å²) in [6.07, 6.45) is 0.490. The van der Waals surface area contributed by atoms with E-state index >= 15 is 0 Å². The molecular weight excluding hydrogens is 162 g/mol. The zero-order valence-corrected chi connectivity index (χ0v) is 6.84. The molecule has 0 unspecified atom stereocenters. The van der Waals surface area contributed by atoms with Gasteiger partial charge in [-0.05, 0) is 17.9 Å². The van der Waals surface area contributed by atoms with E-state index in [0.29, 0.717) is 6.42 Å². The summed E-state index contributed by atoms with van der Waals surface area (Å²) in [7, 11) is 0. The Morgan fingerprint density at radius 1 is 1.64 bits per heavy atom. The van der Waals surface area contributed by atoms with Crippen molar-refractivity contribution in [3.05, 3.63) is 17.0 Å². The van der Waals surface area contributed by atoms with Gasteiger partial charge in [-0.3, -0.25) is 0 Å². The molecule has 0 radical (unpaired) electrons.